The fourth-order valence-electron chi connectivity index (χ4n) is 3.14. The maximum Gasteiger partial charge on any atom is 0.276 e. The number of para-hydroxylation sites is 1. The summed E-state index contributed by atoms with van der Waals surface area (Å²) >= 11 is 0. The smallest absolute Gasteiger partial charge is 0.276 e. The van der Waals surface area contributed by atoms with Crippen LogP contribution in [0.25, 0.3) is 21.8 Å². The zero-order chi connectivity index (χ0) is 17.4. The fourth-order valence-corrected chi connectivity index (χ4v) is 3.14. The van der Waals surface area contributed by atoms with Gasteiger partial charge in [0.1, 0.15) is 5.69 Å². The summed E-state index contributed by atoms with van der Waals surface area (Å²) in [6, 6.07) is 16.7. The minimum absolute atomic E-state index is 0.163. The lowest BCUT2D eigenvalue weighted by atomic mass is 10.1. The number of hydrogen-bond acceptors (Lipinski definition) is 3. The maximum atomic E-state index is 12.3. The molecule has 124 valence electrons. The number of carbonyl (C=O) groups excluding carboxylic acids is 1. The Kier molecular flexibility index (Phi) is 3.57. The third kappa shape index (κ3) is 2.57. The van der Waals surface area contributed by atoms with E-state index >= 15 is 0 Å². The Hall–Kier alpha value is -3.41. The van der Waals surface area contributed by atoms with E-state index in [1.807, 2.05) is 30.3 Å². The summed E-state index contributed by atoms with van der Waals surface area (Å²) in [5.74, 6) is -0.366. The van der Waals surface area contributed by atoms with E-state index in [9.17, 15) is 9.59 Å². The maximum absolute atomic E-state index is 12.3. The highest BCUT2D eigenvalue weighted by Crippen LogP contribution is 2.31. The van der Waals surface area contributed by atoms with Crippen molar-refractivity contribution in [3.8, 4) is 0 Å². The van der Waals surface area contributed by atoms with E-state index in [0.29, 0.717) is 5.69 Å². The first-order chi connectivity index (χ1) is 12.2. The molecule has 0 aliphatic rings. The third-order valence-corrected chi connectivity index (χ3v) is 4.26. The van der Waals surface area contributed by atoms with Crippen molar-refractivity contribution in [3.63, 3.8) is 0 Å². The number of carbonyl (C=O) groups is 1. The number of nitrogens with zero attached hydrogens (tertiary/aromatic N) is 2. The number of fused-ring (bicyclic) bond motifs is 3. The fraction of sp³-hybridized carbons (Fsp3) is 0.105. The molecule has 6 heteroatoms. The van der Waals surface area contributed by atoms with Crippen LogP contribution in [-0.4, -0.2) is 20.7 Å². The lowest BCUT2D eigenvalue weighted by Crippen LogP contribution is -2.17. The number of aromatic amines is 1. The van der Waals surface area contributed by atoms with Crippen LogP contribution in [0.5, 0.6) is 0 Å². The number of amides is 1. The van der Waals surface area contributed by atoms with Gasteiger partial charge >= 0.3 is 0 Å². The summed E-state index contributed by atoms with van der Waals surface area (Å²) in [6.07, 6.45) is 0. The molecule has 25 heavy (non-hydrogen) atoms. The van der Waals surface area contributed by atoms with Gasteiger partial charge in [-0.05, 0) is 37.3 Å². The van der Waals surface area contributed by atoms with E-state index < -0.39 is 0 Å². The van der Waals surface area contributed by atoms with Crippen LogP contribution in [0.4, 0.5) is 5.69 Å². The van der Waals surface area contributed by atoms with Crippen molar-refractivity contribution in [2.75, 3.05) is 5.32 Å². The predicted octanol–water partition coefficient (Wildman–Crippen LogP) is 3.15. The number of hydrogen-bond donors (Lipinski definition) is 2. The molecule has 6 nitrogen and oxygen atoms in total. The first-order valence-electron chi connectivity index (χ1n) is 8.05. The summed E-state index contributed by atoms with van der Waals surface area (Å²) in [4.78, 5) is 23.3. The van der Waals surface area contributed by atoms with E-state index in [1.54, 1.807) is 0 Å². The van der Waals surface area contributed by atoms with Crippen LogP contribution in [0, 0.1) is 0 Å². The van der Waals surface area contributed by atoms with Gasteiger partial charge in [-0.2, -0.15) is 5.10 Å². The van der Waals surface area contributed by atoms with Gasteiger partial charge in [-0.15, -0.1) is 0 Å². The Morgan fingerprint density at radius 1 is 1.08 bits per heavy atom. The van der Waals surface area contributed by atoms with Gasteiger partial charge in [0, 0.05) is 40.1 Å². The Morgan fingerprint density at radius 2 is 1.88 bits per heavy atom. The van der Waals surface area contributed by atoms with Gasteiger partial charge in [0.05, 0.1) is 0 Å². The second-order valence-electron chi connectivity index (χ2n) is 5.75. The largest absolute Gasteiger partial charge is 0.341 e. The minimum atomic E-state index is -0.366. The molecule has 0 bridgehead atoms. The van der Waals surface area contributed by atoms with Crippen molar-refractivity contribution in [1.29, 1.82) is 0 Å². The molecule has 0 atom stereocenters. The van der Waals surface area contributed by atoms with Crippen molar-refractivity contribution < 1.29 is 4.79 Å². The van der Waals surface area contributed by atoms with Crippen LogP contribution in [0.1, 0.15) is 17.4 Å². The van der Waals surface area contributed by atoms with Gasteiger partial charge in [0.15, 0.2) is 0 Å². The topological polar surface area (TPSA) is 79.8 Å². The molecule has 0 radical (unpaired) electrons. The molecule has 2 aromatic heterocycles. The standard InChI is InChI=1S/C19H16N4O2/c1-2-23-16-6-4-3-5-13(16)14-11-12(7-9-17(14)23)20-19(25)15-8-10-18(24)22-21-15/h3-11H,2H2,1H3,(H,20,25)(H,22,24). The predicted molar refractivity (Wildman–Crippen MR) is 97.9 cm³/mol. The highest BCUT2D eigenvalue weighted by Gasteiger charge is 2.12. The van der Waals surface area contributed by atoms with Crippen molar-refractivity contribution in [3.05, 3.63) is 70.6 Å². The molecule has 4 rings (SSSR count). The number of benzene rings is 2. The number of anilines is 1. The molecule has 0 spiro atoms. The van der Waals surface area contributed by atoms with Gasteiger partial charge in [-0.3, -0.25) is 9.59 Å². The van der Waals surface area contributed by atoms with Crippen LogP contribution in [-0.2, 0) is 6.54 Å². The van der Waals surface area contributed by atoms with Crippen LogP contribution >= 0.6 is 0 Å². The van der Waals surface area contributed by atoms with Gasteiger partial charge in [0.2, 0.25) is 0 Å². The minimum Gasteiger partial charge on any atom is -0.341 e. The van der Waals surface area contributed by atoms with E-state index in [1.165, 1.54) is 17.6 Å². The molecule has 2 heterocycles. The monoisotopic (exact) mass is 332 g/mol. The molecule has 0 aliphatic carbocycles. The molecule has 0 aliphatic heterocycles. The van der Waals surface area contributed by atoms with E-state index in [0.717, 1.165) is 22.8 Å². The van der Waals surface area contributed by atoms with Crippen molar-refractivity contribution in [2.45, 2.75) is 13.5 Å². The van der Waals surface area contributed by atoms with Gasteiger partial charge in [0.25, 0.3) is 11.5 Å². The second-order valence-corrected chi connectivity index (χ2v) is 5.75. The molecule has 2 N–H and O–H groups in total. The summed E-state index contributed by atoms with van der Waals surface area (Å²) < 4.78 is 2.25. The first-order valence-corrected chi connectivity index (χ1v) is 8.05. The molecule has 0 saturated heterocycles. The SMILES string of the molecule is CCn1c2ccccc2c2cc(NC(=O)c3ccc(=O)[nH]n3)ccc21. The third-order valence-electron chi connectivity index (χ3n) is 4.26. The number of H-pyrrole nitrogens is 1. The highest BCUT2D eigenvalue weighted by atomic mass is 16.2. The van der Waals surface area contributed by atoms with Crippen molar-refractivity contribution >= 4 is 33.4 Å². The summed E-state index contributed by atoms with van der Waals surface area (Å²) in [5.41, 5.74) is 2.81. The summed E-state index contributed by atoms with van der Waals surface area (Å²) in [5, 5.41) is 11.1. The molecule has 2 aromatic carbocycles. The zero-order valence-electron chi connectivity index (χ0n) is 13.6. The Morgan fingerprint density at radius 3 is 2.64 bits per heavy atom. The molecular weight excluding hydrogens is 316 g/mol. The first kappa shape index (κ1) is 15.1. The molecule has 0 fully saturated rings. The second kappa shape index (κ2) is 5.90. The lowest BCUT2D eigenvalue weighted by Gasteiger charge is -2.06. The van der Waals surface area contributed by atoms with Crippen molar-refractivity contribution in [2.24, 2.45) is 0 Å². The van der Waals surface area contributed by atoms with E-state index in [4.69, 9.17) is 0 Å². The molecule has 1 amide bonds. The molecule has 0 saturated carbocycles. The molecule has 4 aromatic rings. The van der Waals surface area contributed by atoms with Gasteiger partial charge < -0.3 is 9.88 Å². The van der Waals surface area contributed by atoms with Crippen LogP contribution in [0.2, 0.25) is 0 Å². The van der Waals surface area contributed by atoms with Crippen LogP contribution < -0.4 is 10.9 Å². The van der Waals surface area contributed by atoms with Crippen LogP contribution in [0.15, 0.2) is 59.4 Å². The average Bonchev–Trinajstić information content (AvgIpc) is 2.95. The quantitative estimate of drug-likeness (QED) is 0.605. The Labute approximate surface area is 143 Å². The van der Waals surface area contributed by atoms with E-state index in [2.05, 4.69) is 39.1 Å². The number of aryl methyl sites for hydroxylation is 1. The Bertz CT molecular complexity index is 1140. The lowest BCUT2D eigenvalue weighted by molar-refractivity contribution is 0.102. The van der Waals surface area contributed by atoms with Gasteiger partial charge in [-0.25, -0.2) is 5.10 Å². The van der Waals surface area contributed by atoms with Gasteiger partial charge in [-0.1, -0.05) is 18.2 Å². The number of nitrogens with one attached hydrogen (secondary N) is 2. The highest BCUT2D eigenvalue weighted by molar-refractivity contribution is 6.10. The summed E-state index contributed by atoms with van der Waals surface area (Å²) in [6.45, 7) is 2.99. The van der Waals surface area contributed by atoms with Crippen molar-refractivity contribution in [1.82, 2.24) is 14.8 Å². The average molecular weight is 332 g/mol. The normalized spacial score (nSPS) is 11.1. The number of rotatable bonds is 3. The molecular formula is C19H16N4O2. The summed E-state index contributed by atoms with van der Waals surface area (Å²) in [7, 11) is 0. The van der Waals surface area contributed by atoms with Crippen LogP contribution in [0.3, 0.4) is 0 Å². The Balaban J connectivity index is 1.76. The zero-order valence-corrected chi connectivity index (χ0v) is 13.6. The van der Waals surface area contributed by atoms with E-state index in [-0.39, 0.29) is 17.2 Å². The number of aromatic nitrogens is 3. The molecule has 0 unspecified atom stereocenters.